The third-order valence-electron chi connectivity index (χ3n) is 3.55. The van der Waals surface area contributed by atoms with Crippen molar-refractivity contribution < 1.29 is 9.84 Å². The average molecular weight is 367 g/mol. The third-order valence-corrected chi connectivity index (χ3v) is 4.61. The second-order valence-electron chi connectivity index (χ2n) is 5.62. The fraction of sp³-hybridized carbons (Fsp3) is 0.222. The van der Waals surface area contributed by atoms with Crippen LogP contribution in [0.1, 0.15) is 11.1 Å². The molecule has 0 bridgehead atoms. The van der Waals surface area contributed by atoms with E-state index in [9.17, 15) is 5.11 Å². The minimum absolute atomic E-state index is 0.144. The Bertz CT molecular complexity index is 887. The zero-order valence-corrected chi connectivity index (χ0v) is 14.9. The van der Waals surface area contributed by atoms with Crippen molar-refractivity contribution in [2.75, 3.05) is 12.4 Å². The molecule has 8 heteroatoms. The van der Waals surface area contributed by atoms with E-state index < -0.39 is 6.10 Å². The van der Waals surface area contributed by atoms with Crippen molar-refractivity contribution >= 4 is 11.8 Å². The molecule has 132 valence electrons. The molecule has 3 rings (SSSR count). The van der Waals surface area contributed by atoms with Gasteiger partial charge in [-0.2, -0.15) is 9.94 Å². The Hall–Kier alpha value is -2.89. The Kier molecular flexibility index (Phi) is 5.84. The van der Waals surface area contributed by atoms with E-state index in [-0.39, 0.29) is 6.61 Å². The van der Waals surface area contributed by atoms with Gasteiger partial charge in [0, 0.05) is 5.75 Å². The highest BCUT2D eigenvalue weighted by Gasteiger charge is 2.13. The van der Waals surface area contributed by atoms with Crippen LogP contribution in [-0.4, -0.2) is 43.8 Å². The smallest absolute Gasteiger partial charge is 0.214 e. The molecule has 1 N–H and O–H groups in total. The van der Waals surface area contributed by atoms with Gasteiger partial charge in [-0.1, -0.05) is 29.5 Å². The summed E-state index contributed by atoms with van der Waals surface area (Å²) in [5, 5.41) is 31.2. The third kappa shape index (κ3) is 4.59. The second-order valence-corrected chi connectivity index (χ2v) is 6.61. The molecule has 0 spiro atoms. The highest BCUT2D eigenvalue weighted by Crippen LogP contribution is 2.20. The average Bonchev–Trinajstić information content (AvgIpc) is 3.14. The van der Waals surface area contributed by atoms with E-state index in [1.807, 2.05) is 37.3 Å². The number of thioether (sulfide) groups is 1. The van der Waals surface area contributed by atoms with E-state index in [0.717, 1.165) is 11.3 Å². The Balaban J connectivity index is 1.53. The van der Waals surface area contributed by atoms with Gasteiger partial charge in [-0.3, -0.25) is 0 Å². The molecule has 1 atom stereocenters. The maximum Gasteiger partial charge on any atom is 0.214 e. The van der Waals surface area contributed by atoms with Crippen molar-refractivity contribution in [1.29, 1.82) is 5.26 Å². The highest BCUT2D eigenvalue weighted by molar-refractivity contribution is 7.99. The van der Waals surface area contributed by atoms with Crippen molar-refractivity contribution in [3.8, 4) is 17.5 Å². The fourth-order valence-corrected chi connectivity index (χ4v) is 2.95. The standard InChI is InChI=1S/C18H17N5O2S/c1-13-2-6-15(7-3-13)23-18(20-21-22-23)26-12-16(24)11-25-17-8-4-14(10-19)5-9-17/h2-9,16,24H,11-12H2,1H3/t16-/m1/s1. The fourth-order valence-electron chi connectivity index (χ4n) is 2.15. The summed E-state index contributed by atoms with van der Waals surface area (Å²) in [5.41, 5.74) is 2.59. The first-order valence-corrected chi connectivity index (χ1v) is 8.93. The molecular weight excluding hydrogens is 350 g/mol. The number of nitriles is 1. The molecule has 0 aliphatic rings. The zero-order chi connectivity index (χ0) is 18.4. The SMILES string of the molecule is Cc1ccc(-n2nnnc2SC[C@H](O)COc2ccc(C#N)cc2)cc1. The summed E-state index contributed by atoms with van der Waals surface area (Å²) in [5.74, 6) is 1.00. The van der Waals surface area contributed by atoms with Crippen molar-refractivity contribution in [2.24, 2.45) is 0 Å². The molecule has 0 aliphatic heterocycles. The predicted molar refractivity (Wildman–Crippen MR) is 97.3 cm³/mol. The number of rotatable bonds is 7. The molecule has 0 saturated heterocycles. The molecule has 0 saturated carbocycles. The van der Waals surface area contributed by atoms with Gasteiger partial charge in [0.25, 0.3) is 0 Å². The van der Waals surface area contributed by atoms with E-state index in [4.69, 9.17) is 10.00 Å². The van der Waals surface area contributed by atoms with E-state index >= 15 is 0 Å². The van der Waals surface area contributed by atoms with Crippen LogP contribution >= 0.6 is 11.8 Å². The lowest BCUT2D eigenvalue weighted by molar-refractivity contribution is 0.126. The molecule has 2 aromatic carbocycles. The van der Waals surface area contributed by atoms with E-state index in [1.165, 1.54) is 11.8 Å². The summed E-state index contributed by atoms with van der Waals surface area (Å²) < 4.78 is 7.17. The van der Waals surface area contributed by atoms with Gasteiger partial charge in [-0.15, -0.1) is 5.10 Å². The molecule has 1 heterocycles. The molecule has 0 amide bonds. The van der Waals surface area contributed by atoms with Crippen LogP contribution in [0.3, 0.4) is 0 Å². The number of aliphatic hydroxyl groups is 1. The zero-order valence-electron chi connectivity index (χ0n) is 14.1. The van der Waals surface area contributed by atoms with Crippen LogP contribution in [0, 0.1) is 18.3 Å². The Morgan fingerprint density at radius 1 is 1.19 bits per heavy atom. The largest absolute Gasteiger partial charge is 0.491 e. The summed E-state index contributed by atoms with van der Waals surface area (Å²) >= 11 is 1.36. The minimum Gasteiger partial charge on any atom is -0.491 e. The van der Waals surface area contributed by atoms with Gasteiger partial charge in [0.05, 0.1) is 23.4 Å². The maximum atomic E-state index is 10.1. The first-order chi connectivity index (χ1) is 12.7. The van der Waals surface area contributed by atoms with Gasteiger partial charge < -0.3 is 9.84 Å². The monoisotopic (exact) mass is 367 g/mol. The summed E-state index contributed by atoms with van der Waals surface area (Å²) in [4.78, 5) is 0. The lowest BCUT2D eigenvalue weighted by Gasteiger charge is -2.12. The number of tetrazole rings is 1. The van der Waals surface area contributed by atoms with Gasteiger partial charge in [0.1, 0.15) is 12.4 Å². The summed E-state index contributed by atoms with van der Waals surface area (Å²) in [6.07, 6.45) is -0.682. The van der Waals surface area contributed by atoms with Crippen molar-refractivity contribution in [2.45, 2.75) is 18.2 Å². The normalized spacial score (nSPS) is 11.7. The van der Waals surface area contributed by atoms with Crippen LogP contribution in [0.5, 0.6) is 5.75 Å². The van der Waals surface area contributed by atoms with Gasteiger partial charge in [0.2, 0.25) is 5.16 Å². The lowest BCUT2D eigenvalue weighted by Crippen LogP contribution is -2.20. The number of aryl methyl sites for hydroxylation is 1. The van der Waals surface area contributed by atoms with Gasteiger partial charge in [-0.05, 0) is 53.7 Å². The van der Waals surface area contributed by atoms with Gasteiger partial charge >= 0.3 is 0 Å². The number of ether oxygens (including phenoxy) is 1. The molecule has 0 aliphatic carbocycles. The molecular formula is C18H17N5O2S. The molecule has 26 heavy (non-hydrogen) atoms. The number of hydrogen-bond acceptors (Lipinski definition) is 7. The van der Waals surface area contributed by atoms with Crippen molar-refractivity contribution in [1.82, 2.24) is 20.2 Å². The Labute approximate surface area is 155 Å². The van der Waals surface area contributed by atoms with E-state index in [2.05, 4.69) is 15.5 Å². The van der Waals surface area contributed by atoms with Crippen LogP contribution in [0.25, 0.3) is 5.69 Å². The molecule has 7 nitrogen and oxygen atoms in total. The molecule has 3 aromatic rings. The Morgan fingerprint density at radius 2 is 1.92 bits per heavy atom. The summed E-state index contributed by atoms with van der Waals surface area (Å²) in [6.45, 7) is 2.16. The molecule has 0 fully saturated rings. The first-order valence-electron chi connectivity index (χ1n) is 7.95. The first kappa shape index (κ1) is 17.9. The van der Waals surface area contributed by atoms with Gasteiger partial charge in [0.15, 0.2) is 0 Å². The maximum absolute atomic E-state index is 10.1. The number of hydrogen-bond donors (Lipinski definition) is 1. The molecule has 0 unspecified atom stereocenters. The summed E-state index contributed by atoms with van der Waals surface area (Å²) in [6, 6.07) is 16.7. The van der Waals surface area contributed by atoms with Crippen LogP contribution in [0.4, 0.5) is 0 Å². The van der Waals surface area contributed by atoms with Crippen molar-refractivity contribution in [3.05, 3.63) is 59.7 Å². The summed E-state index contributed by atoms with van der Waals surface area (Å²) in [7, 11) is 0. The van der Waals surface area contributed by atoms with Gasteiger partial charge in [-0.25, -0.2) is 0 Å². The topological polar surface area (TPSA) is 96.8 Å². The molecule has 0 radical (unpaired) electrons. The number of nitrogens with zero attached hydrogens (tertiary/aromatic N) is 5. The van der Waals surface area contributed by atoms with Crippen LogP contribution in [0.2, 0.25) is 0 Å². The number of aliphatic hydroxyl groups excluding tert-OH is 1. The minimum atomic E-state index is -0.682. The lowest BCUT2D eigenvalue weighted by atomic mass is 10.2. The molecule has 1 aromatic heterocycles. The number of benzene rings is 2. The second kappa shape index (κ2) is 8.47. The van der Waals surface area contributed by atoms with Crippen LogP contribution in [-0.2, 0) is 0 Å². The Morgan fingerprint density at radius 3 is 2.62 bits per heavy atom. The van der Waals surface area contributed by atoms with Crippen LogP contribution < -0.4 is 4.74 Å². The predicted octanol–water partition coefficient (Wildman–Crippen LogP) is 2.37. The quantitative estimate of drug-likeness (QED) is 0.640. The highest BCUT2D eigenvalue weighted by atomic mass is 32.2. The van der Waals surface area contributed by atoms with Crippen molar-refractivity contribution in [3.63, 3.8) is 0 Å². The van der Waals surface area contributed by atoms with Crippen LogP contribution in [0.15, 0.2) is 53.7 Å². The van der Waals surface area contributed by atoms with E-state index in [1.54, 1.807) is 28.9 Å². The number of aromatic nitrogens is 4. The van der Waals surface area contributed by atoms with E-state index in [0.29, 0.717) is 22.2 Å².